The summed E-state index contributed by atoms with van der Waals surface area (Å²) >= 11 is 0. The summed E-state index contributed by atoms with van der Waals surface area (Å²) in [4.78, 5) is 2.57. The largest absolute Gasteiger partial charge is 0.315 e. The van der Waals surface area contributed by atoms with Gasteiger partial charge in [-0.15, -0.1) is 0 Å². The number of nitrogens with zero attached hydrogens (tertiary/aromatic N) is 1. The molecular weight excluding hydrogens is 172 g/mol. The quantitative estimate of drug-likeness (QED) is 0.600. The molecule has 84 valence electrons. The smallest absolute Gasteiger partial charge is 0.0107 e. The average molecular weight is 198 g/mol. The van der Waals surface area contributed by atoms with E-state index >= 15 is 0 Å². The Balaban J connectivity index is 1.96. The average Bonchev–Trinajstić information content (AvgIpc) is 2.93. The highest BCUT2D eigenvalue weighted by atomic mass is 15.1. The Bertz CT molecular complexity index is 141. The van der Waals surface area contributed by atoms with E-state index in [1.807, 2.05) is 0 Å². The van der Waals surface area contributed by atoms with Crippen molar-refractivity contribution in [3.63, 3.8) is 0 Å². The summed E-state index contributed by atoms with van der Waals surface area (Å²) in [5.74, 6) is 1.80. The Morgan fingerprint density at radius 3 is 2.57 bits per heavy atom. The van der Waals surface area contributed by atoms with Gasteiger partial charge in [-0.05, 0) is 37.8 Å². The molecule has 0 aliphatic heterocycles. The van der Waals surface area contributed by atoms with Gasteiger partial charge in [-0.1, -0.05) is 20.8 Å². The number of likely N-dealkylation sites (N-methyl/N-ethyl adjacent to an activating group) is 1. The topological polar surface area (TPSA) is 15.3 Å². The molecule has 1 fully saturated rings. The van der Waals surface area contributed by atoms with Crippen LogP contribution in [0.2, 0.25) is 0 Å². The van der Waals surface area contributed by atoms with Crippen molar-refractivity contribution in [2.75, 3.05) is 32.7 Å². The third-order valence-electron chi connectivity index (χ3n) is 2.82. The van der Waals surface area contributed by atoms with E-state index in [0.29, 0.717) is 0 Å². The van der Waals surface area contributed by atoms with Crippen LogP contribution in [0.25, 0.3) is 0 Å². The van der Waals surface area contributed by atoms with Crippen LogP contribution < -0.4 is 5.32 Å². The molecule has 0 radical (unpaired) electrons. The lowest BCUT2D eigenvalue weighted by Crippen LogP contribution is -2.34. The fraction of sp³-hybridized carbons (Fsp3) is 1.00. The Kier molecular flexibility index (Phi) is 5.49. The van der Waals surface area contributed by atoms with Gasteiger partial charge in [0.1, 0.15) is 0 Å². The molecule has 0 saturated heterocycles. The minimum absolute atomic E-state index is 0.772. The summed E-state index contributed by atoms with van der Waals surface area (Å²) in [6.07, 6.45) is 2.94. The van der Waals surface area contributed by atoms with Gasteiger partial charge < -0.3 is 10.2 Å². The van der Waals surface area contributed by atoms with Crippen molar-refractivity contribution >= 4 is 0 Å². The Labute approximate surface area is 89.1 Å². The van der Waals surface area contributed by atoms with E-state index in [-0.39, 0.29) is 0 Å². The summed E-state index contributed by atoms with van der Waals surface area (Å²) in [7, 11) is 0. The highest BCUT2D eigenvalue weighted by molar-refractivity contribution is 4.77. The number of nitrogens with one attached hydrogen (secondary N) is 1. The molecule has 0 atom stereocenters. The first-order valence-electron chi connectivity index (χ1n) is 6.15. The SMILES string of the molecule is CCN(CCNCC(C)C)CC1CC1. The van der Waals surface area contributed by atoms with Gasteiger partial charge >= 0.3 is 0 Å². The molecule has 0 aromatic carbocycles. The molecule has 0 unspecified atom stereocenters. The standard InChI is InChI=1S/C12H26N2/c1-4-14(10-12-5-6-12)8-7-13-9-11(2)3/h11-13H,4-10H2,1-3H3. The summed E-state index contributed by atoms with van der Waals surface area (Å²) in [5.41, 5.74) is 0. The molecule has 2 heteroatoms. The van der Waals surface area contributed by atoms with Crippen molar-refractivity contribution in [2.45, 2.75) is 33.6 Å². The fourth-order valence-corrected chi connectivity index (χ4v) is 1.67. The second-order valence-corrected chi connectivity index (χ2v) is 4.93. The fourth-order valence-electron chi connectivity index (χ4n) is 1.67. The van der Waals surface area contributed by atoms with Crippen LogP contribution in [-0.4, -0.2) is 37.6 Å². The predicted octanol–water partition coefficient (Wildman–Crippen LogP) is 1.96. The minimum Gasteiger partial charge on any atom is -0.315 e. The van der Waals surface area contributed by atoms with E-state index in [1.165, 1.54) is 32.5 Å². The van der Waals surface area contributed by atoms with Crippen LogP contribution in [-0.2, 0) is 0 Å². The van der Waals surface area contributed by atoms with Crippen molar-refractivity contribution in [2.24, 2.45) is 11.8 Å². The monoisotopic (exact) mass is 198 g/mol. The first kappa shape index (κ1) is 12.0. The molecule has 0 amide bonds. The molecule has 0 aromatic heterocycles. The summed E-state index contributed by atoms with van der Waals surface area (Å²) in [5, 5.41) is 3.50. The minimum atomic E-state index is 0.772. The van der Waals surface area contributed by atoms with Crippen molar-refractivity contribution < 1.29 is 0 Å². The summed E-state index contributed by atoms with van der Waals surface area (Å²) < 4.78 is 0. The summed E-state index contributed by atoms with van der Waals surface area (Å²) in [6, 6.07) is 0. The molecule has 1 saturated carbocycles. The molecule has 14 heavy (non-hydrogen) atoms. The van der Waals surface area contributed by atoms with Gasteiger partial charge in [-0.3, -0.25) is 0 Å². The molecule has 0 spiro atoms. The van der Waals surface area contributed by atoms with Gasteiger partial charge in [0, 0.05) is 19.6 Å². The van der Waals surface area contributed by atoms with E-state index in [2.05, 4.69) is 31.0 Å². The number of hydrogen-bond acceptors (Lipinski definition) is 2. The maximum absolute atomic E-state index is 3.50. The molecule has 1 aliphatic rings. The molecule has 0 aromatic rings. The molecule has 0 heterocycles. The van der Waals surface area contributed by atoms with Crippen molar-refractivity contribution in [1.29, 1.82) is 0 Å². The first-order chi connectivity index (χ1) is 6.72. The number of hydrogen-bond donors (Lipinski definition) is 1. The van der Waals surface area contributed by atoms with Gasteiger partial charge in [0.25, 0.3) is 0 Å². The van der Waals surface area contributed by atoms with Crippen LogP contribution in [0.3, 0.4) is 0 Å². The summed E-state index contributed by atoms with van der Waals surface area (Å²) in [6.45, 7) is 12.9. The maximum atomic E-state index is 3.50. The molecule has 0 bridgehead atoms. The molecule has 2 nitrogen and oxygen atoms in total. The van der Waals surface area contributed by atoms with E-state index in [4.69, 9.17) is 0 Å². The van der Waals surface area contributed by atoms with Gasteiger partial charge in [0.2, 0.25) is 0 Å². The highest BCUT2D eigenvalue weighted by Gasteiger charge is 2.23. The van der Waals surface area contributed by atoms with Crippen molar-refractivity contribution in [3.05, 3.63) is 0 Å². The van der Waals surface area contributed by atoms with Gasteiger partial charge in [0.05, 0.1) is 0 Å². The maximum Gasteiger partial charge on any atom is 0.0107 e. The third-order valence-corrected chi connectivity index (χ3v) is 2.82. The molecular formula is C12H26N2. The van der Waals surface area contributed by atoms with Crippen LogP contribution in [0, 0.1) is 11.8 Å². The van der Waals surface area contributed by atoms with Crippen LogP contribution in [0.1, 0.15) is 33.6 Å². The first-order valence-corrected chi connectivity index (χ1v) is 6.15. The van der Waals surface area contributed by atoms with Crippen LogP contribution >= 0.6 is 0 Å². The second kappa shape index (κ2) is 6.41. The zero-order valence-electron chi connectivity index (χ0n) is 10.1. The van der Waals surface area contributed by atoms with Gasteiger partial charge in [-0.2, -0.15) is 0 Å². The van der Waals surface area contributed by atoms with Gasteiger partial charge in [-0.25, -0.2) is 0 Å². The van der Waals surface area contributed by atoms with Gasteiger partial charge in [0.15, 0.2) is 0 Å². The van der Waals surface area contributed by atoms with Crippen LogP contribution in [0.5, 0.6) is 0 Å². The van der Waals surface area contributed by atoms with E-state index in [1.54, 1.807) is 0 Å². The Morgan fingerprint density at radius 1 is 1.36 bits per heavy atom. The predicted molar refractivity (Wildman–Crippen MR) is 62.5 cm³/mol. The molecule has 1 rings (SSSR count). The van der Waals surface area contributed by atoms with E-state index < -0.39 is 0 Å². The zero-order valence-corrected chi connectivity index (χ0v) is 10.1. The Morgan fingerprint density at radius 2 is 2.07 bits per heavy atom. The molecule has 1 N–H and O–H groups in total. The van der Waals surface area contributed by atoms with Crippen molar-refractivity contribution in [1.82, 2.24) is 10.2 Å². The third kappa shape index (κ3) is 5.61. The second-order valence-electron chi connectivity index (χ2n) is 4.93. The highest BCUT2D eigenvalue weighted by Crippen LogP contribution is 2.29. The van der Waals surface area contributed by atoms with E-state index in [0.717, 1.165) is 24.9 Å². The zero-order chi connectivity index (χ0) is 10.4. The lowest BCUT2D eigenvalue weighted by molar-refractivity contribution is 0.274. The van der Waals surface area contributed by atoms with Crippen molar-refractivity contribution in [3.8, 4) is 0 Å². The van der Waals surface area contributed by atoms with Crippen LogP contribution in [0.15, 0.2) is 0 Å². The molecule has 1 aliphatic carbocycles. The number of rotatable bonds is 8. The lowest BCUT2D eigenvalue weighted by atomic mass is 10.2. The van der Waals surface area contributed by atoms with E-state index in [9.17, 15) is 0 Å². The normalized spacial score (nSPS) is 16.9. The van der Waals surface area contributed by atoms with Crippen LogP contribution in [0.4, 0.5) is 0 Å². The lowest BCUT2D eigenvalue weighted by Gasteiger charge is -2.20. The Hall–Kier alpha value is -0.0800.